The highest BCUT2D eigenvalue weighted by Gasteiger charge is 2.10. The minimum atomic E-state index is -0.178. The number of hydrazone groups is 1. The van der Waals surface area contributed by atoms with Gasteiger partial charge in [-0.05, 0) is 94.4 Å². The second-order valence-electron chi connectivity index (χ2n) is 5.58. The molecule has 0 aromatic heterocycles. The van der Waals surface area contributed by atoms with Gasteiger partial charge in [0.25, 0.3) is 0 Å². The van der Waals surface area contributed by atoms with Gasteiger partial charge in [0, 0.05) is 5.02 Å². The average Bonchev–Trinajstić information content (AvgIpc) is 2.53. The molecule has 2 aromatic rings. The lowest BCUT2D eigenvalue weighted by Gasteiger charge is -2.14. The molecule has 1 amide bonds. The number of rotatable bonds is 6. The van der Waals surface area contributed by atoms with Gasteiger partial charge in [-0.15, -0.1) is 0 Å². The van der Waals surface area contributed by atoms with Crippen molar-refractivity contribution >= 4 is 68.9 Å². The number of nitrogens with one attached hydrogen (secondary N) is 1. The van der Waals surface area contributed by atoms with E-state index in [0.29, 0.717) is 5.02 Å². The molecule has 4 nitrogen and oxygen atoms in total. The number of halogens is 3. The summed E-state index contributed by atoms with van der Waals surface area (Å²) in [5.41, 5.74) is 4.33. The van der Waals surface area contributed by atoms with Gasteiger partial charge in [0.2, 0.25) is 5.91 Å². The van der Waals surface area contributed by atoms with Crippen LogP contribution < -0.4 is 10.2 Å². The van der Waals surface area contributed by atoms with Crippen LogP contribution in [0.2, 0.25) is 5.02 Å². The van der Waals surface area contributed by atoms with Gasteiger partial charge in [-0.25, -0.2) is 5.43 Å². The summed E-state index contributed by atoms with van der Waals surface area (Å²) in [5, 5.41) is 4.68. The molecule has 0 unspecified atom stereocenters. The third-order valence-corrected chi connectivity index (χ3v) is 4.91. The molecule has 0 radical (unpaired) electrons. The predicted octanol–water partition coefficient (Wildman–Crippen LogP) is 5.03. The molecule has 2 rings (SSSR count). The van der Waals surface area contributed by atoms with Gasteiger partial charge in [0.1, 0.15) is 5.75 Å². The number of amides is 1. The van der Waals surface area contributed by atoms with Gasteiger partial charge in [0.05, 0.1) is 25.9 Å². The lowest BCUT2D eigenvalue weighted by Crippen LogP contribution is -2.19. The van der Waals surface area contributed by atoms with Crippen LogP contribution in [0, 0.1) is 7.14 Å². The molecule has 0 atom stereocenters. The Hall–Kier alpha value is -0.870. The number of carbonyl (C=O) groups is 1. The van der Waals surface area contributed by atoms with E-state index in [4.69, 9.17) is 16.3 Å². The van der Waals surface area contributed by atoms with Gasteiger partial charge >= 0.3 is 0 Å². The van der Waals surface area contributed by atoms with Crippen LogP contribution in [0.5, 0.6) is 5.75 Å². The molecule has 0 aliphatic carbocycles. The average molecular weight is 583 g/mol. The fraction of sp³-hybridized carbons (Fsp3) is 0.222. The molecule has 0 spiro atoms. The Balaban J connectivity index is 1.97. The molecular weight excluding hydrogens is 565 g/mol. The lowest BCUT2D eigenvalue weighted by molar-refractivity contribution is -0.120. The summed E-state index contributed by atoms with van der Waals surface area (Å²) in [6.07, 6.45) is 2.00. The summed E-state index contributed by atoms with van der Waals surface area (Å²) in [6, 6.07) is 11.1. The first-order chi connectivity index (χ1) is 11.8. The van der Waals surface area contributed by atoms with E-state index in [2.05, 4.69) is 55.7 Å². The third-order valence-electron chi connectivity index (χ3n) is 3.05. The molecule has 0 saturated carbocycles. The predicted molar refractivity (Wildman–Crippen MR) is 119 cm³/mol. The quantitative estimate of drug-likeness (QED) is 0.295. The zero-order chi connectivity index (χ0) is 18.4. The van der Waals surface area contributed by atoms with E-state index in [-0.39, 0.29) is 18.4 Å². The second-order valence-corrected chi connectivity index (χ2v) is 8.34. The molecule has 25 heavy (non-hydrogen) atoms. The monoisotopic (exact) mass is 582 g/mol. The van der Waals surface area contributed by atoms with Crippen LogP contribution in [-0.4, -0.2) is 18.2 Å². The summed E-state index contributed by atoms with van der Waals surface area (Å²) in [5.74, 6) is 0.697. The highest BCUT2D eigenvalue weighted by atomic mass is 127. The van der Waals surface area contributed by atoms with Crippen molar-refractivity contribution < 1.29 is 9.53 Å². The van der Waals surface area contributed by atoms with Crippen molar-refractivity contribution in [3.05, 3.63) is 59.7 Å². The van der Waals surface area contributed by atoms with Crippen LogP contribution in [0.25, 0.3) is 0 Å². The number of nitrogens with zero attached hydrogens (tertiary/aromatic N) is 1. The maximum absolute atomic E-state index is 11.9. The van der Waals surface area contributed by atoms with E-state index in [1.807, 2.05) is 38.1 Å². The van der Waals surface area contributed by atoms with Crippen molar-refractivity contribution in [2.24, 2.45) is 5.10 Å². The van der Waals surface area contributed by atoms with Crippen molar-refractivity contribution in [1.82, 2.24) is 5.43 Å². The van der Waals surface area contributed by atoms with Crippen LogP contribution in [0.4, 0.5) is 0 Å². The Morgan fingerprint density at radius 3 is 2.40 bits per heavy atom. The molecule has 0 heterocycles. The fourth-order valence-electron chi connectivity index (χ4n) is 2.01. The van der Waals surface area contributed by atoms with Crippen molar-refractivity contribution in [2.45, 2.75) is 26.4 Å². The summed E-state index contributed by atoms with van der Waals surface area (Å²) in [6.45, 7) is 4.00. The van der Waals surface area contributed by atoms with Crippen molar-refractivity contribution in [3.63, 3.8) is 0 Å². The van der Waals surface area contributed by atoms with Crippen LogP contribution >= 0.6 is 56.8 Å². The number of carbonyl (C=O) groups excluding carboxylic acids is 1. The summed E-state index contributed by atoms with van der Waals surface area (Å²) < 4.78 is 7.82. The highest BCUT2D eigenvalue weighted by Crippen LogP contribution is 2.29. The molecule has 0 saturated heterocycles. The molecule has 1 N–H and O–H groups in total. The van der Waals surface area contributed by atoms with E-state index in [0.717, 1.165) is 24.0 Å². The van der Waals surface area contributed by atoms with E-state index in [9.17, 15) is 4.79 Å². The van der Waals surface area contributed by atoms with E-state index < -0.39 is 0 Å². The molecule has 0 aliphatic rings. The Morgan fingerprint density at radius 1 is 1.24 bits per heavy atom. The van der Waals surface area contributed by atoms with Gasteiger partial charge in [0.15, 0.2) is 0 Å². The second kappa shape index (κ2) is 9.72. The van der Waals surface area contributed by atoms with Crippen molar-refractivity contribution in [1.29, 1.82) is 0 Å². The molecule has 0 aliphatic heterocycles. The normalized spacial score (nSPS) is 11.1. The largest absolute Gasteiger partial charge is 0.489 e. The zero-order valence-electron chi connectivity index (χ0n) is 13.7. The topological polar surface area (TPSA) is 50.7 Å². The first kappa shape index (κ1) is 20.4. The number of hydrogen-bond acceptors (Lipinski definition) is 3. The highest BCUT2D eigenvalue weighted by molar-refractivity contribution is 14.1. The van der Waals surface area contributed by atoms with E-state index in [1.54, 1.807) is 18.3 Å². The molecule has 0 bridgehead atoms. The molecule has 0 fully saturated rings. The minimum Gasteiger partial charge on any atom is -0.489 e. The van der Waals surface area contributed by atoms with Gasteiger partial charge < -0.3 is 4.74 Å². The molecule has 2 aromatic carbocycles. The van der Waals surface area contributed by atoms with Crippen LogP contribution in [-0.2, 0) is 11.2 Å². The smallest absolute Gasteiger partial charge is 0.244 e. The Labute approximate surface area is 179 Å². The fourth-order valence-corrected chi connectivity index (χ4v) is 4.20. The SMILES string of the molecule is CC(C)Oc1c(I)cc(/C=N\NC(=O)Cc2ccc(Cl)cc2)cc1I. The van der Waals surface area contributed by atoms with E-state index >= 15 is 0 Å². The minimum absolute atomic E-state index is 0.119. The Bertz CT molecular complexity index is 754. The molecule has 7 heteroatoms. The number of ether oxygens (including phenoxy) is 1. The van der Waals surface area contributed by atoms with Crippen LogP contribution in [0.1, 0.15) is 25.0 Å². The van der Waals surface area contributed by atoms with Gasteiger partial charge in [-0.3, -0.25) is 4.79 Å². The maximum Gasteiger partial charge on any atom is 0.244 e. The summed E-state index contributed by atoms with van der Waals surface area (Å²) >= 11 is 10.3. The standard InChI is InChI=1S/C18H17ClI2N2O2/c1-11(2)25-18-15(20)7-13(8-16(18)21)10-22-23-17(24)9-12-3-5-14(19)6-4-12/h3-8,10-11H,9H2,1-2H3,(H,23,24)/b22-10-. The summed E-state index contributed by atoms with van der Waals surface area (Å²) in [4.78, 5) is 11.9. The first-order valence-electron chi connectivity index (χ1n) is 7.57. The van der Waals surface area contributed by atoms with Gasteiger partial charge in [-0.1, -0.05) is 23.7 Å². The van der Waals surface area contributed by atoms with Gasteiger partial charge in [-0.2, -0.15) is 5.10 Å². The maximum atomic E-state index is 11.9. The number of hydrogen-bond donors (Lipinski definition) is 1. The van der Waals surface area contributed by atoms with Crippen molar-refractivity contribution in [2.75, 3.05) is 0 Å². The molecule has 132 valence electrons. The van der Waals surface area contributed by atoms with Crippen molar-refractivity contribution in [3.8, 4) is 5.75 Å². The van der Waals surface area contributed by atoms with Crippen LogP contribution in [0.3, 0.4) is 0 Å². The summed E-state index contributed by atoms with van der Waals surface area (Å²) in [7, 11) is 0. The third kappa shape index (κ3) is 6.74. The number of benzene rings is 2. The molecular formula is C18H17ClI2N2O2. The van der Waals surface area contributed by atoms with E-state index in [1.165, 1.54) is 0 Å². The first-order valence-corrected chi connectivity index (χ1v) is 10.1. The Kier molecular flexibility index (Phi) is 7.95. The Morgan fingerprint density at radius 2 is 1.84 bits per heavy atom. The van der Waals surface area contributed by atoms with Crippen LogP contribution in [0.15, 0.2) is 41.5 Å². The lowest BCUT2D eigenvalue weighted by atomic mass is 10.1. The zero-order valence-corrected chi connectivity index (χ0v) is 18.8.